The molecule has 29 heavy (non-hydrogen) atoms. The largest absolute Gasteiger partial charge is 0.335 e. The Balaban J connectivity index is 1.57. The van der Waals surface area contributed by atoms with Crippen LogP contribution in [0.25, 0.3) is 45.8 Å². The Bertz CT molecular complexity index is 1320. The molecule has 0 atom stereocenters. The third-order valence-electron chi connectivity index (χ3n) is 4.56. The molecule has 0 unspecified atom stereocenters. The maximum absolute atomic E-state index is 13.7. The Kier molecular flexibility index (Phi) is 4.18. The van der Waals surface area contributed by atoms with Gasteiger partial charge in [-0.15, -0.1) is 0 Å². The van der Waals surface area contributed by atoms with Crippen molar-refractivity contribution in [2.45, 2.75) is 0 Å². The smallest absolute Gasteiger partial charge is 0.159 e. The van der Waals surface area contributed by atoms with Crippen molar-refractivity contribution in [3.8, 4) is 22.6 Å². The number of nitrogens with one attached hydrogen (secondary N) is 2. The molecule has 0 spiro atoms. The second kappa shape index (κ2) is 7.12. The van der Waals surface area contributed by atoms with Gasteiger partial charge in [0.1, 0.15) is 11.5 Å². The molecule has 2 N–H and O–H groups in total. The summed E-state index contributed by atoms with van der Waals surface area (Å²) in [6, 6.07) is 10.3. The average molecular weight is 382 g/mol. The summed E-state index contributed by atoms with van der Waals surface area (Å²) in [5.74, 6) is 0.308. The minimum atomic E-state index is -0.301. The number of pyridine rings is 2. The molecular formula is C22H15FN6. The van der Waals surface area contributed by atoms with E-state index in [1.165, 1.54) is 12.1 Å². The van der Waals surface area contributed by atoms with Gasteiger partial charge in [-0.2, -0.15) is 5.10 Å². The van der Waals surface area contributed by atoms with Gasteiger partial charge in [0.25, 0.3) is 0 Å². The lowest BCUT2D eigenvalue weighted by Gasteiger charge is -2.01. The number of halogens is 1. The number of hydrogen-bond acceptors (Lipinski definition) is 4. The predicted molar refractivity (Wildman–Crippen MR) is 110 cm³/mol. The molecule has 4 aromatic heterocycles. The standard InChI is InChI=1S/C22H15FN6/c23-17-5-1-4-15(9-17)18-12-25-13-19-21(18)28-22(27-19)20-16(11-26-29-20)7-6-14-3-2-8-24-10-14/h1-13H,(H,26,29)(H,27,28)/b7-6+. The molecule has 0 aliphatic rings. The van der Waals surface area contributed by atoms with Crippen LogP contribution in [0.5, 0.6) is 0 Å². The van der Waals surface area contributed by atoms with Gasteiger partial charge < -0.3 is 4.98 Å². The monoisotopic (exact) mass is 382 g/mol. The van der Waals surface area contributed by atoms with Crippen molar-refractivity contribution in [3.05, 3.63) is 84.3 Å². The summed E-state index contributed by atoms with van der Waals surface area (Å²) in [5, 5.41) is 7.23. The maximum atomic E-state index is 13.7. The average Bonchev–Trinajstić information content (AvgIpc) is 3.39. The zero-order chi connectivity index (χ0) is 19.6. The summed E-state index contributed by atoms with van der Waals surface area (Å²) in [6.07, 6.45) is 12.6. The lowest BCUT2D eigenvalue weighted by molar-refractivity contribution is 0.628. The first-order chi connectivity index (χ1) is 14.3. The van der Waals surface area contributed by atoms with Gasteiger partial charge in [0.2, 0.25) is 0 Å². The molecule has 0 saturated heterocycles. The zero-order valence-corrected chi connectivity index (χ0v) is 15.2. The van der Waals surface area contributed by atoms with Crippen LogP contribution < -0.4 is 0 Å². The van der Waals surface area contributed by atoms with Crippen LogP contribution in [-0.4, -0.2) is 30.1 Å². The lowest BCUT2D eigenvalue weighted by Crippen LogP contribution is -1.85. The molecule has 0 radical (unpaired) electrons. The van der Waals surface area contributed by atoms with Gasteiger partial charge in [-0.3, -0.25) is 15.1 Å². The Morgan fingerprint density at radius 2 is 1.93 bits per heavy atom. The Labute approximate surface area is 165 Å². The molecule has 0 saturated carbocycles. The van der Waals surface area contributed by atoms with Crippen molar-refractivity contribution in [3.63, 3.8) is 0 Å². The van der Waals surface area contributed by atoms with E-state index in [0.29, 0.717) is 17.0 Å². The first kappa shape index (κ1) is 17.0. The van der Waals surface area contributed by atoms with Crippen LogP contribution in [0.3, 0.4) is 0 Å². The SMILES string of the molecule is Fc1cccc(-c2cncc3[nH]c(-c4n[nH]cc4/C=C/c4cccnc4)nc23)c1. The van der Waals surface area contributed by atoms with Crippen molar-refractivity contribution in [2.24, 2.45) is 0 Å². The van der Waals surface area contributed by atoms with Crippen LogP contribution >= 0.6 is 0 Å². The van der Waals surface area contributed by atoms with Crippen molar-refractivity contribution < 1.29 is 4.39 Å². The van der Waals surface area contributed by atoms with Crippen LogP contribution in [0, 0.1) is 5.82 Å². The van der Waals surface area contributed by atoms with E-state index in [1.54, 1.807) is 37.1 Å². The summed E-state index contributed by atoms with van der Waals surface area (Å²) >= 11 is 0. The minimum absolute atomic E-state index is 0.301. The number of hydrogen-bond donors (Lipinski definition) is 2. The highest BCUT2D eigenvalue weighted by atomic mass is 19.1. The quantitative estimate of drug-likeness (QED) is 0.471. The van der Waals surface area contributed by atoms with Crippen molar-refractivity contribution >= 4 is 23.2 Å². The molecular weight excluding hydrogens is 367 g/mol. The number of aromatic amines is 2. The van der Waals surface area contributed by atoms with Crippen molar-refractivity contribution in [1.29, 1.82) is 0 Å². The van der Waals surface area contributed by atoms with Crippen LogP contribution in [0.4, 0.5) is 4.39 Å². The molecule has 1 aromatic carbocycles. The Hall–Kier alpha value is -4.13. The van der Waals surface area contributed by atoms with Gasteiger partial charge in [0, 0.05) is 35.9 Å². The molecule has 0 bridgehead atoms. The summed E-state index contributed by atoms with van der Waals surface area (Å²) in [4.78, 5) is 16.4. The Morgan fingerprint density at radius 1 is 0.966 bits per heavy atom. The molecule has 0 amide bonds. The van der Waals surface area contributed by atoms with Crippen LogP contribution in [0.15, 0.2) is 67.4 Å². The van der Waals surface area contributed by atoms with E-state index in [0.717, 1.165) is 27.8 Å². The number of nitrogens with zero attached hydrogens (tertiary/aromatic N) is 4. The second-order valence-electron chi connectivity index (χ2n) is 6.49. The summed E-state index contributed by atoms with van der Waals surface area (Å²) in [7, 11) is 0. The number of H-pyrrole nitrogens is 2. The van der Waals surface area contributed by atoms with E-state index >= 15 is 0 Å². The lowest BCUT2D eigenvalue weighted by atomic mass is 10.1. The molecule has 0 fully saturated rings. The second-order valence-corrected chi connectivity index (χ2v) is 6.49. The minimum Gasteiger partial charge on any atom is -0.335 e. The van der Waals surface area contributed by atoms with E-state index in [9.17, 15) is 4.39 Å². The fraction of sp³-hybridized carbons (Fsp3) is 0. The summed E-state index contributed by atoms with van der Waals surface area (Å²) in [5.41, 5.74) is 5.51. The van der Waals surface area contributed by atoms with Gasteiger partial charge in [0.15, 0.2) is 5.82 Å². The number of fused-ring (bicyclic) bond motifs is 1. The summed E-state index contributed by atoms with van der Waals surface area (Å²) < 4.78 is 13.7. The van der Waals surface area contributed by atoms with E-state index in [-0.39, 0.29) is 5.82 Å². The van der Waals surface area contributed by atoms with E-state index in [2.05, 4.69) is 25.1 Å². The number of imidazole rings is 1. The molecule has 0 aliphatic heterocycles. The van der Waals surface area contributed by atoms with Gasteiger partial charge in [0.05, 0.1) is 17.2 Å². The van der Waals surface area contributed by atoms with Crippen LogP contribution in [0.2, 0.25) is 0 Å². The number of aromatic nitrogens is 6. The predicted octanol–water partition coefficient (Wildman–Crippen LogP) is 4.72. The highest BCUT2D eigenvalue weighted by Gasteiger charge is 2.15. The zero-order valence-electron chi connectivity index (χ0n) is 15.2. The van der Waals surface area contributed by atoms with Gasteiger partial charge in [-0.25, -0.2) is 9.37 Å². The van der Waals surface area contributed by atoms with Gasteiger partial charge >= 0.3 is 0 Å². The topological polar surface area (TPSA) is 83.1 Å². The number of rotatable bonds is 4. The molecule has 140 valence electrons. The highest BCUT2D eigenvalue weighted by Crippen LogP contribution is 2.29. The third-order valence-corrected chi connectivity index (χ3v) is 4.56. The molecule has 4 heterocycles. The molecule has 0 aliphatic carbocycles. The van der Waals surface area contributed by atoms with Gasteiger partial charge in [-0.05, 0) is 29.3 Å². The first-order valence-electron chi connectivity index (χ1n) is 9.00. The molecule has 5 aromatic rings. The van der Waals surface area contributed by atoms with Crippen LogP contribution in [-0.2, 0) is 0 Å². The first-order valence-corrected chi connectivity index (χ1v) is 9.00. The van der Waals surface area contributed by atoms with E-state index in [1.807, 2.05) is 30.4 Å². The van der Waals surface area contributed by atoms with E-state index in [4.69, 9.17) is 4.98 Å². The van der Waals surface area contributed by atoms with Crippen molar-refractivity contribution in [1.82, 2.24) is 30.1 Å². The third kappa shape index (κ3) is 3.29. The number of benzene rings is 1. The molecule has 7 heteroatoms. The fourth-order valence-electron chi connectivity index (χ4n) is 3.19. The maximum Gasteiger partial charge on any atom is 0.159 e. The Morgan fingerprint density at radius 3 is 2.79 bits per heavy atom. The molecule has 6 nitrogen and oxygen atoms in total. The fourth-order valence-corrected chi connectivity index (χ4v) is 3.19. The van der Waals surface area contributed by atoms with Crippen molar-refractivity contribution in [2.75, 3.05) is 0 Å². The summed E-state index contributed by atoms with van der Waals surface area (Å²) in [6.45, 7) is 0. The van der Waals surface area contributed by atoms with Crippen LogP contribution in [0.1, 0.15) is 11.1 Å². The highest BCUT2D eigenvalue weighted by molar-refractivity contribution is 5.93. The normalized spacial score (nSPS) is 11.5. The van der Waals surface area contributed by atoms with E-state index < -0.39 is 0 Å². The molecule has 5 rings (SSSR count). The van der Waals surface area contributed by atoms with Gasteiger partial charge in [-0.1, -0.05) is 30.4 Å².